The van der Waals surface area contributed by atoms with Crippen LogP contribution in [0.15, 0.2) is 36.7 Å². The first-order valence-electron chi connectivity index (χ1n) is 6.42. The molecule has 1 aromatic heterocycles. The van der Waals surface area contributed by atoms with E-state index in [1.807, 2.05) is 13.1 Å². The van der Waals surface area contributed by atoms with Gasteiger partial charge in [0.05, 0.1) is 0 Å². The van der Waals surface area contributed by atoms with E-state index in [2.05, 4.69) is 46.6 Å². The minimum absolute atomic E-state index is 0.412. The van der Waals surface area contributed by atoms with E-state index >= 15 is 0 Å². The highest BCUT2D eigenvalue weighted by atomic mass is 15.3. The molecule has 0 bridgehead atoms. The Morgan fingerprint density at radius 1 is 1.28 bits per heavy atom. The Bertz CT molecular complexity index is 464. The number of aromatic nitrogens is 3. The Morgan fingerprint density at radius 2 is 2.06 bits per heavy atom. The molecule has 0 radical (unpaired) electrons. The molecular formula is C14H20N4. The monoisotopic (exact) mass is 244 g/mol. The molecule has 0 aliphatic rings. The van der Waals surface area contributed by atoms with E-state index < -0.39 is 0 Å². The highest BCUT2D eigenvalue weighted by Gasteiger charge is 2.08. The summed E-state index contributed by atoms with van der Waals surface area (Å²) in [5, 5.41) is 7.83. The fourth-order valence-electron chi connectivity index (χ4n) is 2.04. The van der Waals surface area contributed by atoms with Crippen LogP contribution in [0.4, 0.5) is 0 Å². The fourth-order valence-corrected chi connectivity index (χ4v) is 2.04. The first kappa shape index (κ1) is 12.8. The van der Waals surface area contributed by atoms with Gasteiger partial charge in [-0.15, -0.1) is 0 Å². The summed E-state index contributed by atoms with van der Waals surface area (Å²) < 4.78 is 1.74. The van der Waals surface area contributed by atoms with Crippen molar-refractivity contribution < 1.29 is 0 Å². The second kappa shape index (κ2) is 6.31. The van der Waals surface area contributed by atoms with E-state index in [1.165, 1.54) is 5.56 Å². The lowest BCUT2D eigenvalue weighted by molar-refractivity contribution is 0.518. The van der Waals surface area contributed by atoms with Gasteiger partial charge in [-0.25, -0.2) is 4.98 Å². The minimum Gasteiger partial charge on any atom is -0.310 e. The van der Waals surface area contributed by atoms with Gasteiger partial charge >= 0.3 is 0 Å². The summed E-state index contributed by atoms with van der Waals surface area (Å²) in [6.07, 6.45) is 3.69. The second-order valence-electron chi connectivity index (χ2n) is 4.41. The van der Waals surface area contributed by atoms with Gasteiger partial charge in [0.15, 0.2) is 5.82 Å². The molecule has 96 valence electrons. The van der Waals surface area contributed by atoms with Gasteiger partial charge in [0.25, 0.3) is 0 Å². The summed E-state index contributed by atoms with van der Waals surface area (Å²) in [6.45, 7) is 3.10. The standard InChI is InChI=1S/C14H20N4/c1-3-13(12-7-5-4-6-8-12)15-10-9-14-16-11-18(2)17-14/h4-8,11,13,15H,3,9-10H2,1-2H3. The van der Waals surface area contributed by atoms with Gasteiger partial charge in [-0.2, -0.15) is 5.10 Å². The molecule has 18 heavy (non-hydrogen) atoms. The van der Waals surface area contributed by atoms with Crippen molar-refractivity contribution in [2.45, 2.75) is 25.8 Å². The van der Waals surface area contributed by atoms with Crippen LogP contribution in [0, 0.1) is 0 Å². The Balaban J connectivity index is 1.84. The lowest BCUT2D eigenvalue weighted by Crippen LogP contribution is -2.23. The molecule has 2 rings (SSSR count). The van der Waals surface area contributed by atoms with Crippen molar-refractivity contribution in [3.8, 4) is 0 Å². The maximum absolute atomic E-state index is 4.27. The normalized spacial score (nSPS) is 12.6. The molecule has 0 aliphatic heterocycles. The molecule has 4 heteroatoms. The van der Waals surface area contributed by atoms with Crippen molar-refractivity contribution >= 4 is 0 Å². The number of hydrogen-bond donors (Lipinski definition) is 1. The summed E-state index contributed by atoms with van der Waals surface area (Å²) in [7, 11) is 1.89. The van der Waals surface area contributed by atoms with Crippen LogP contribution in [0.25, 0.3) is 0 Å². The predicted octanol–water partition coefficient (Wildman–Crippen LogP) is 2.10. The van der Waals surface area contributed by atoms with Crippen molar-refractivity contribution in [1.82, 2.24) is 20.1 Å². The number of aryl methyl sites for hydroxylation is 1. The number of benzene rings is 1. The van der Waals surface area contributed by atoms with Crippen LogP contribution >= 0.6 is 0 Å². The van der Waals surface area contributed by atoms with Crippen molar-refractivity contribution in [3.63, 3.8) is 0 Å². The van der Waals surface area contributed by atoms with Gasteiger partial charge in [-0.05, 0) is 12.0 Å². The molecule has 0 aliphatic carbocycles. The average molecular weight is 244 g/mol. The smallest absolute Gasteiger partial charge is 0.151 e. The van der Waals surface area contributed by atoms with Crippen molar-refractivity contribution in [1.29, 1.82) is 0 Å². The molecule has 0 saturated heterocycles. The van der Waals surface area contributed by atoms with E-state index in [0.29, 0.717) is 6.04 Å². The lowest BCUT2D eigenvalue weighted by atomic mass is 10.0. The molecule has 1 unspecified atom stereocenters. The first-order valence-corrected chi connectivity index (χ1v) is 6.42. The van der Waals surface area contributed by atoms with E-state index in [1.54, 1.807) is 11.0 Å². The molecular weight excluding hydrogens is 224 g/mol. The largest absolute Gasteiger partial charge is 0.310 e. The van der Waals surface area contributed by atoms with Gasteiger partial charge in [-0.3, -0.25) is 4.68 Å². The molecule has 2 aromatic rings. The highest BCUT2D eigenvalue weighted by Crippen LogP contribution is 2.15. The summed E-state index contributed by atoms with van der Waals surface area (Å²) in [6, 6.07) is 11.0. The maximum Gasteiger partial charge on any atom is 0.151 e. The van der Waals surface area contributed by atoms with Crippen LogP contribution in [-0.4, -0.2) is 21.3 Å². The van der Waals surface area contributed by atoms with Crippen molar-refractivity contribution in [2.24, 2.45) is 7.05 Å². The first-order chi connectivity index (χ1) is 8.79. The Labute approximate surface area is 108 Å². The summed E-state index contributed by atoms with van der Waals surface area (Å²) in [5.74, 6) is 0.896. The Hall–Kier alpha value is -1.68. The van der Waals surface area contributed by atoms with Crippen LogP contribution < -0.4 is 5.32 Å². The van der Waals surface area contributed by atoms with Crippen LogP contribution in [0.1, 0.15) is 30.8 Å². The fraction of sp³-hybridized carbons (Fsp3) is 0.429. The van der Waals surface area contributed by atoms with Crippen molar-refractivity contribution in [2.75, 3.05) is 6.54 Å². The molecule has 1 N–H and O–H groups in total. The van der Waals surface area contributed by atoms with Gasteiger partial charge in [0, 0.05) is 26.1 Å². The molecule has 4 nitrogen and oxygen atoms in total. The molecule has 0 saturated carbocycles. The molecule has 0 spiro atoms. The van der Waals surface area contributed by atoms with E-state index in [-0.39, 0.29) is 0 Å². The molecule has 0 fully saturated rings. The molecule has 0 amide bonds. The SMILES string of the molecule is CCC(NCCc1ncn(C)n1)c1ccccc1. The molecule has 1 atom stereocenters. The van der Waals surface area contributed by atoms with E-state index in [0.717, 1.165) is 25.2 Å². The van der Waals surface area contributed by atoms with Crippen LogP contribution in [0.2, 0.25) is 0 Å². The molecule has 1 heterocycles. The lowest BCUT2D eigenvalue weighted by Gasteiger charge is -2.16. The van der Waals surface area contributed by atoms with Crippen molar-refractivity contribution in [3.05, 3.63) is 48.0 Å². The predicted molar refractivity (Wildman–Crippen MR) is 72.2 cm³/mol. The number of hydrogen-bond acceptors (Lipinski definition) is 3. The number of nitrogens with zero attached hydrogens (tertiary/aromatic N) is 3. The topological polar surface area (TPSA) is 42.7 Å². The number of nitrogens with one attached hydrogen (secondary N) is 1. The minimum atomic E-state index is 0.412. The number of rotatable bonds is 6. The maximum atomic E-state index is 4.27. The quantitative estimate of drug-likeness (QED) is 0.846. The van der Waals surface area contributed by atoms with Gasteiger partial charge < -0.3 is 5.32 Å². The second-order valence-corrected chi connectivity index (χ2v) is 4.41. The third-order valence-electron chi connectivity index (χ3n) is 3.00. The third-order valence-corrected chi connectivity index (χ3v) is 3.00. The van der Waals surface area contributed by atoms with Gasteiger partial charge in [0.2, 0.25) is 0 Å². The third kappa shape index (κ3) is 3.40. The summed E-state index contributed by atoms with van der Waals surface area (Å²) >= 11 is 0. The zero-order chi connectivity index (χ0) is 12.8. The summed E-state index contributed by atoms with van der Waals surface area (Å²) in [5.41, 5.74) is 1.34. The van der Waals surface area contributed by atoms with E-state index in [4.69, 9.17) is 0 Å². The molecule has 1 aromatic carbocycles. The average Bonchev–Trinajstić information content (AvgIpc) is 2.81. The van der Waals surface area contributed by atoms with Gasteiger partial charge in [-0.1, -0.05) is 37.3 Å². The van der Waals surface area contributed by atoms with Crippen LogP contribution in [-0.2, 0) is 13.5 Å². The summed E-state index contributed by atoms with van der Waals surface area (Å²) in [4.78, 5) is 4.22. The van der Waals surface area contributed by atoms with E-state index in [9.17, 15) is 0 Å². The zero-order valence-corrected chi connectivity index (χ0v) is 11.0. The van der Waals surface area contributed by atoms with Crippen LogP contribution in [0.3, 0.4) is 0 Å². The zero-order valence-electron chi connectivity index (χ0n) is 11.0. The van der Waals surface area contributed by atoms with Gasteiger partial charge in [0.1, 0.15) is 6.33 Å². The highest BCUT2D eigenvalue weighted by molar-refractivity contribution is 5.18. The van der Waals surface area contributed by atoms with Crippen LogP contribution in [0.5, 0.6) is 0 Å². The Kier molecular flexibility index (Phi) is 4.47. The Morgan fingerprint density at radius 3 is 2.67 bits per heavy atom.